The topological polar surface area (TPSA) is 104 Å². The molecule has 1 amide bonds. The van der Waals surface area contributed by atoms with Crippen molar-refractivity contribution in [3.63, 3.8) is 0 Å². The third kappa shape index (κ3) is 4.60. The molecule has 1 aliphatic rings. The summed E-state index contributed by atoms with van der Waals surface area (Å²) in [7, 11) is -3.72. The molecule has 26 heavy (non-hydrogen) atoms. The SMILES string of the molecule is CCN(CCC(=O)O)C(=O)c1ccc(C)c(S(=O)(=O)N2CCOCC2)c1. The van der Waals surface area contributed by atoms with Crippen LogP contribution in [-0.4, -0.2) is 74.0 Å². The van der Waals surface area contributed by atoms with Crippen molar-refractivity contribution in [3.05, 3.63) is 29.3 Å². The number of carbonyl (C=O) groups is 2. The first-order valence-electron chi connectivity index (χ1n) is 8.47. The molecule has 1 aromatic carbocycles. The third-order valence-electron chi connectivity index (χ3n) is 4.29. The van der Waals surface area contributed by atoms with Crippen molar-refractivity contribution in [2.45, 2.75) is 25.2 Å². The van der Waals surface area contributed by atoms with Crippen molar-refractivity contribution in [2.24, 2.45) is 0 Å². The minimum atomic E-state index is -3.72. The Hall–Kier alpha value is -1.97. The van der Waals surface area contributed by atoms with Gasteiger partial charge in [-0.3, -0.25) is 9.59 Å². The van der Waals surface area contributed by atoms with Gasteiger partial charge in [0.15, 0.2) is 0 Å². The number of hydrogen-bond acceptors (Lipinski definition) is 5. The van der Waals surface area contributed by atoms with E-state index in [1.54, 1.807) is 26.0 Å². The average Bonchev–Trinajstić information content (AvgIpc) is 2.62. The lowest BCUT2D eigenvalue weighted by atomic mass is 10.1. The molecule has 8 nitrogen and oxygen atoms in total. The van der Waals surface area contributed by atoms with E-state index in [-0.39, 0.29) is 42.4 Å². The normalized spacial score (nSPS) is 15.6. The predicted molar refractivity (Wildman–Crippen MR) is 94.6 cm³/mol. The minimum Gasteiger partial charge on any atom is -0.481 e. The number of morpholine rings is 1. The Morgan fingerprint density at radius 1 is 1.27 bits per heavy atom. The molecule has 0 radical (unpaired) electrons. The zero-order valence-corrected chi connectivity index (χ0v) is 15.8. The monoisotopic (exact) mass is 384 g/mol. The summed E-state index contributed by atoms with van der Waals surface area (Å²) < 4.78 is 32.4. The first-order chi connectivity index (χ1) is 12.3. The Morgan fingerprint density at radius 3 is 2.50 bits per heavy atom. The number of carboxylic acid groups (broad SMARTS) is 1. The quantitative estimate of drug-likeness (QED) is 0.751. The summed E-state index contributed by atoms with van der Waals surface area (Å²) in [6.45, 7) is 5.09. The number of hydrogen-bond donors (Lipinski definition) is 1. The van der Waals surface area contributed by atoms with E-state index in [0.29, 0.717) is 25.3 Å². The van der Waals surface area contributed by atoms with E-state index in [0.717, 1.165) is 0 Å². The largest absolute Gasteiger partial charge is 0.481 e. The van der Waals surface area contributed by atoms with Gasteiger partial charge in [0.2, 0.25) is 10.0 Å². The zero-order chi connectivity index (χ0) is 19.3. The number of sulfonamides is 1. The minimum absolute atomic E-state index is 0.0735. The number of amides is 1. The summed E-state index contributed by atoms with van der Waals surface area (Å²) in [5.41, 5.74) is 0.788. The Morgan fingerprint density at radius 2 is 1.92 bits per heavy atom. The highest BCUT2D eigenvalue weighted by molar-refractivity contribution is 7.89. The highest BCUT2D eigenvalue weighted by atomic mass is 32.2. The maximum Gasteiger partial charge on any atom is 0.305 e. The first kappa shape index (κ1) is 20.3. The number of ether oxygens (including phenoxy) is 1. The van der Waals surface area contributed by atoms with Crippen molar-refractivity contribution in [2.75, 3.05) is 39.4 Å². The van der Waals surface area contributed by atoms with Crippen molar-refractivity contribution in [1.29, 1.82) is 0 Å². The van der Waals surface area contributed by atoms with E-state index in [1.165, 1.54) is 15.3 Å². The molecule has 0 spiro atoms. The van der Waals surface area contributed by atoms with Gasteiger partial charge in [-0.15, -0.1) is 0 Å². The molecular weight excluding hydrogens is 360 g/mol. The summed E-state index contributed by atoms with van der Waals surface area (Å²) in [6.07, 6.45) is -0.162. The van der Waals surface area contributed by atoms with Gasteiger partial charge in [-0.2, -0.15) is 4.31 Å². The molecule has 1 aromatic rings. The van der Waals surface area contributed by atoms with Crippen molar-refractivity contribution >= 4 is 21.9 Å². The van der Waals surface area contributed by atoms with E-state index in [9.17, 15) is 18.0 Å². The van der Waals surface area contributed by atoms with Crippen molar-refractivity contribution < 1.29 is 27.9 Å². The molecule has 0 atom stereocenters. The Balaban J connectivity index is 2.30. The molecule has 9 heteroatoms. The van der Waals surface area contributed by atoms with Gasteiger partial charge in [0, 0.05) is 31.7 Å². The van der Waals surface area contributed by atoms with Crippen LogP contribution in [0.15, 0.2) is 23.1 Å². The molecule has 0 bridgehead atoms. The van der Waals surface area contributed by atoms with Gasteiger partial charge in [0.1, 0.15) is 0 Å². The number of aryl methyl sites for hydroxylation is 1. The van der Waals surface area contributed by atoms with Crippen LogP contribution in [0, 0.1) is 6.92 Å². The number of aliphatic carboxylic acids is 1. The molecule has 144 valence electrons. The standard InChI is InChI=1S/C17H24N2O6S/c1-3-18(7-6-16(20)21)17(22)14-5-4-13(2)15(12-14)26(23,24)19-8-10-25-11-9-19/h4-5,12H,3,6-11H2,1-2H3,(H,20,21). The van der Waals surface area contributed by atoms with E-state index >= 15 is 0 Å². The zero-order valence-electron chi connectivity index (χ0n) is 15.0. The molecule has 0 aromatic heterocycles. The maximum absolute atomic E-state index is 12.9. The second-order valence-electron chi connectivity index (χ2n) is 6.03. The molecule has 1 aliphatic heterocycles. The highest BCUT2D eigenvalue weighted by Gasteiger charge is 2.29. The molecule has 1 heterocycles. The molecule has 2 rings (SSSR count). The fourth-order valence-corrected chi connectivity index (χ4v) is 4.41. The van der Waals surface area contributed by atoms with Crippen LogP contribution in [0.25, 0.3) is 0 Å². The van der Waals surface area contributed by atoms with E-state index in [1.807, 2.05) is 0 Å². The van der Waals surface area contributed by atoms with Crippen LogP contribution >= 0.6 is 0 Å². The van der Waals surface area contributed by atoms with Crippen LogP contribution in [0.4, 0.5) is 0 Å². The van der Waals surface area contributed by atoms with Crippen LogP contribution < -0.4 is 0 Å². The van der Waals surface area contributed by atoms with Crippen LogP contribution in [0.3, 0.4) is 0 Å². The molecule has 0 saturated carbocycles. The average molecular weight is 384 g/mol. The smallest absolute Gasteiger partial charge is 0.305 e. The second kappa shape index (κ2) is 8.61. The van der Waals surface area contributed by atoms with E-state index in [2.05, 4.69) is 0 Å². The van der Waals surface area contributed by atoms with E-state index in [4.69, 9.17) is 9.84 Å². The molecule has 0 aliphatic carbocycles. The number of nitrogens with zero attached hydrogens (tertiary/aromatic N) is 2. The number of carbonyl (C=O) groups excluding carboxylic acids is 1. The van der Waals surface area contributed by atoms with E-state index < -0.39 is 16.0 Å². The fourth-order valence-electron chi connectivity index (χ4n) is 2.75. The summed E-state index contributed by atoms with van der Waals surface area (Å²) in [5, 5.41) is 8.81. The molecule has 0 unspecified atom stereocenters. The van der Waals surface area contributed by atoms with Crippen molar-refractivity contribution in [1.82, 2.24) is 9.21 Å². The predicted octanol–water partition coefficient (Wildman–Crippen LogP) is 0.953. The Labute approximate surface area is 153 Å². The lowest BCUT2D eigenvalue weighted by Crippen LogP contribution is -2.41. The van der Waals surface area contributed by atoms with Gasteiger partial charge in [0.25, 0.3) is 5.91 Å². The third-order valence-corrected chi connectivity index (χ3v) is 6.33. The fraction of sp³-hybridized carbons (Fsp3) is 0.529. The van der Waals surface area contributed by atoms with Crippen molar-refractivity contribution in [3.8, 4) is 0 Å². The van der Waals surface area contributed by atoms with Gasteiger partial charge < -0.3 is 14.7 Å². The van der Waals surface area contributed by atoms with Crippen LogP contribution in [-0.2, 0) is 19.6 Å². The number of carboxylic acids is 1. The highest BCUT2D eigenvalue weighted by Crippen LogP contribution is 2.23. The molecule has 1 saturated heterocycles. The van der Waals surface area contributed by atoms with Crippen LogP contribution in [0.2, 0.25) is 0 Å². The Bertz CT molecular complexity index is 771. The van der Waals surface area contributed by atoms with Gasteiger partial charge in [-0.05, 0) is 31.5 Å². The summed E-state index contributed by atoms with van der Waals surface area (Å²) in [4.78, 5) is 24.9. The number of rotatable bonds is 7. The summed E-state index contributed by atoms with van der Waals surface area (Å²) in [5.74, 6) is -1.37. The summed E-state index contributed by atoms with van der Waals surface area (Å²) in [6, 6.07) is 4.55. The van der Waals surface area contributed by atoms with Gasteiger partial charge in [0.05, 0.1) is 24.5 Å². The molecular formula is C17H24N2O6S. The second-order valence-corrected chi connectivity index (χ2v) is 7.93. The molecule has 1 fully saturated rings. The molecule has 1 N–H and O–H groups in total. The maximum atomic E-state index is 12.9. The van der Waals surface area contributed by atoms with Gasteiger partial charge in [-0.1, -0.05) is 6.07 Å². The first-order valence-corrected chi connectivity index (χ1v) is 9.91. The lowest BCUT2D eigenvalue weighted by molar-refractivity contribution is -0.137. The number of benzene rings is 1. The van der Waals surface area contributed by atoms with Crippen LogP contribution in [0.1, 0.15) is 29.3 Å². The van der Waals surface area contributed by atoms with Gasteiger partial charge in [-0.25, -0.2) is 8.42 Å². The Kier molecular flexibility index (Phi) is 6.74. The lowest BCUT2D eigenvalue weighted by Gasteiger charge is -2.27. The van der Waals surface area contributed by atoms with Gasteiger partial charge >= 0.3 is 5.97 Å². The summed E-state index contributed by atoms with van der Waals surface area (Å²) >= 11 is 0. The van der Waals surface area contributed by atoms with Crippen LogP contribution in [0.5, 0.6) is 0 Å².